The van der Waals surface area contributed by atoms with Crippen LogP contribution < -0.4 is 16.2 Å². The first-order valence-corrected chi connectivity index (χ1v) is 9.23. The van der Waals surface area contributed by atoms with E-state index in [2.05, 4.69) is 41.6 Å². The van der Waals surface area contributed by atoms with Gasteiger partial charge in [-0.2, -0.15) is 10.1 Å². The fourth-order valence-corrected chi connectivity index (χ4v) is 2.83. The number of benzene rings is 1. The number of hydrogen-bond donors (Lipinski definition) is 3. The Bertz CT molecular complexity index is 1060. The van der Waals surface area contributed by atoms with Crippen LogP contribution in [-0.4, -0.2) is 32.2 Å². The van der Waals surface area contributed by atoms with E-state index in [1.165, 1.54) is 6.20 Å². The van der Waals surface area contributed by atoms with Gasteiger partial charge in [0.15, 0.2) is 5.65 Å². The molecule has 142 valence electrons. The summed E-state index contributed by atoms with van der Waals surface area (Å²) in [5.41, 5.74) is 1.56. The highest BCUT2D eigenvalue weighted by molar-refractivity contribution is 9.10. The first-order valence-electron chi connectivity index (χ1n) is 8.43. The number of nitrogens with zero attached hydrogens (tertiary/aromatic N) is 3. The third-order valence-electron chi connectivity index (χ3n) is 3.93. The van der Waals surface area contributed by atoms with E-state index < -0.39 is 0 Å². The average molecular weight is 433 g/mol. The van der Waals surface area contributed by atoms with E-state index in [0.717, 1.165) is 10.0 Å². The molecule has 0 fully saturated rings. The summed E-state index contributed by atoms with van der Waals surface area (Å²) in [5, 5.41) is 10.3. The monoisotopic (exact) mass is 432 g/mol. The molecule has 0 saturated carbocycles. The Kier molecular flexibility index (Phi) is 5.05. The number of carbonyl (C=O) groups is 1. The Morgan fingerprint density at radius 3 is 2.74 bits per heavy atom. The van der Waals surface area contributed by atoms with Gasteiger partial charge < -0.3 is 10.6 Å². The second kappa shape index (κ2) is 7.15. The zero-order valence-electron chi connectivity index (χ0n) is 15.6. The third-order valence-corrected chi connectivity index (χ3v) is 4.82. The minimum absolute atomic E-state index is 0.0345. The molecule has 1 amide bonds. The van der Waals surface area contributed by atoms with Crippen molar-refractivity contribution in [1.82, 2.24) is 19.7 Å². The van der Waals surface area contributed by atoms with Crippen molar-refractivity contribution in [3.63, 3.8) is 0 Å². The highest BCUT2D eigenvalue weighted by Gasteiger charge is 2.20. The Balaban J connectivity index is 1.75. The molecule has 2 heterocycles. The van der Waals surface area contributed by atoms with E-state index in [4.69, 9.17) is 0 Å². The highest BCUT2D eigenvalue weighted by atomic mass is 79.9. The van der Waals surface area contributed by atoms with Gasteiger partial charge in [0.05, 0.1) is 18.3 Å². The van der Waals surface area contributed by atoms with Gasteiger partial charge in [0.2, 0.25) is 11.9 Å². The van der Waals surface area contributed by atoms with Crippen LogP contribution in [0.15, 0.2) is 33.7 Å². The number of anilines is 2. The van der Waals surface area contributed by atoms with Gasteiger partial charge in [0.25, 0.3) is 5.56 Å². The molecular weight excluding hydrogens is 412 g/mol. The highest BCUT2D eigenvalue weighted by Crippen LogP contribution is 2.20. The minimum atomic E-state index is -0.323. The van der Waals surface area contributed by atoms with Crippen LogP contribution in [0.1, 0.15) is 26.3 Å². The topological polar surface area (TPSA) is 105 Å². The Morgan fingerprint density at radius 1 is 1.33 bits per heavy atom. The number of amides is 1. The molecule has 0 aliphatic carbocycles. The second-order valence-electron chi connectivity index (χ2n) is 7.24. The van der Waals surface area contributed by atoms with E-state index in [-0.39, 0.29) is 29.5 Å². The van der Waals surface area contributed by atoms with Crippen LogP contribution in [0.3, 0.4) is 0 Å². The van der Waals surface area contributed by atoms with Crippen molar-refractivity contribution in [3.05, 3.63) is 44.8 Å². The zero-order valence-corrected chi connectivity index (χ0v) is 17.1. The Hall–Kier alpha value is -2.68. The van der Waals surface area contributed by atoms with E-state index in [1.54, 1.807) is 4.68 Å². The number of aromatic amines is 1. The van der Waals surface area contributed by atoms with Gasteiger partial charge in [-0.15, -0.1) is 0 Å². The van der Waals surface area contributed by atoms with Gasteiger partial charge in [-0.1, -0.05) is 15.9 Å². The third kappa shape index (κ3) is 4.19. The molecule has 8 nitrogen and oxygen atoms in total. The number of H-pyrrole nitrogens is 1. The number of hydrogen-bond acceptors (Lipinski definition) is 5. The standard InChI is InChI=1S/C18H21BrN6O2/c1-10-7-11(5-6-13(10)19)22-14(26)9-20-17-23-15-12(16(27)24-17)8-21-25(15)18(2,3)4/h5-8H,9H2,1-4H3,(H,22,26)(H2,20,23,24,27). The second-order valence-corrected chi connectivity index (χ2v) is 8.10. The lowest BCUT2D eigenvalue weighted by Crippen LogP contribution is -2.26. The zero-order chi connectivity index (χ0) is 19.8. The fourth-order valence-electron chi connectivity index (χ4n) is 2.58. The molecular formula is C18H21BrN6O2. The summed E-state index contributed by atoms with van der Waals surface area (Å²) < 4.78 is 2.66. The number of nitrogens with one attached hydrogen (secondary N) is 3. The van der Waals surface area contributed by atoms with Crippen LogP contribution >= 0.6 is 15.9 Å². The summed E-state index contributed by atoms with van der Waals surface area (Å²) in [6.07, 6.45) is 1.50. The number of aromatic nitrogens is 4. The molecule has 3 N–H and O–H groups in total. The summed E-state index contributed by atoms with van der Waals surface area (Å²) >= 11 is 3.43. The average Bonchev–Trinajstić information content (AvgIpc) is 3.01. The molecule has 0 bridgehead atoms. The van der Waals surface area contributed by atoms with Crippen molar-refractivity contribution in [2.45, 2.75) is 33.2 Å². The van der Waals surface area contributed by atoms with Crippen molar-refractivity contribution in [1.29, 1.82) is 0 Å². The Morgan fingerprint density at radius 2 is 2.07 bits per heavy atom. The normalized spacial score (nSPS) is 11.6. The van der Waals surface area contributed by atoms with Crippen LogP contribution in [0.4, 0.5) is 11.6 Å². The van der Waals surface area contributed by atoms with E-state index in [0.29, 0.717) is 16.7 Å². The molecule has 0 aliphatic heterocycles. The molecule has 0 unspecified atom stereocenters. The summed E-state index contributed by atoms with van der Waals surface area (Å²) in [6, 6.07) is 5.55. The quantitative estimate of drug-likeness (QED) is 0.587. The van der Waals surface area contributed by atoms with E-state index in [9.17, 15) is 9.59 Å². The molecule has 3 aromatic rings. The summed E-state index contributed by atoms with van der Waals surface area (Å²) in [5.74, 6) is -0.0237. The van der Waals surface area contributed by atoms with E-state index in [1.807, 2.05) is 45.9 Å². The van der Waals surface area contributed by atoms with Gasteiger partial charge in [-0.25, -0.2) is 4.68 Å². The van der Waals surface area contributed by atoms with Crippen molar-refractivity contribution < 1.29 is 4.79 Å². The molecule has 0 spiro atoms. The molecule has 0 atom stereocenters. The SMILES string of the molecule is Cc1cc(NC(=O)CNc2nc3c(cnn3C(C)(C)C)c(=O)[nH]2)ccc1Br. The van der Waals surface area contributed by atoms with Crippen LogP contribution in [-0.2, 0) is 10.3 Å². The maximum absolute atomic E-state index is 12.3. The van der Waals surface area contributed by atoms with Crippen molar-refractivity contribution in [2.24, 2.45) is 0 Å². The summed E-state index contributed by atoms with van der Waals surface area (Å²) in [4.78, 5) is 31.5. The molecule has 27 heavy (non-hydrogen) atoms. The van der Waals surface area contributed by atoms with E-state index >= 15 is 0 Å². The predicted octanol–water partition coefficient (Wildman–Crippen LogP) is 3.00. The first kappa shape index (κ1) is 19.1. The summed E-state index contributed by atoms with van der Waals surface area (Å²) in [7, 11) is 0. The lowest BCUT2D eigenvalue weighted by molar-refractivity contribution is -0.114. The largest absolute Gasteiger partial charge is 0.347 e. The van der Waals surface area contributed by atoms with Gasteiger partial charge >= 0.3 is 0 Å². The van der Waals surface area contributed by atoms with Gasteiger partial charge in [-0.3, -0.25) is 14.6 Å². The van der Waals surface area contributed by atoms with Crippen molar-refractivity contribution in [3.8, 4) is 0 Å². The van der Waals surface area contributed by atoms with Crippen molar-refractivity contribution in [2.75, 3.05) is 17.2 Å². The lowest BCUT2D eigenvalue weighted by Gasteiger charge is -2.19. The van der Waals surface area contributed by atoms with Gasteiger partial charge in [0.1, 0.15) is 5.39 Å². The maximum Gasteiger partial charge on any atom is 0.263 e. The number of rotatable bonds is 4. The van der Waals surface area contributed by atoms with Gasteiger partial charge in [-0.05, 0) is 51.5 Å². The number of aryl methyl sites for hydroxylation is 1. The number of halogens is 1. The van der Waals surface area contributed by atoms with Crippen LogP contribution in [0.2, 0.25) is 0 Å². The molecule has 0 aliphatic rings. The fraction of sp³-hybridized carbons (Fsp3) is 0.333. The van der Waals surface area contributed by atoms with Crippen LogP contribution in [0.25, 0.3) is 11.0 Å². The molecule has 3 rings (SSSR count). The van der Waals surface area contributed by atoms with Crippen LogP contribution in [0, 0.1) is 6.92 Å². The molecule has 0 saturated heterocycles. The smallest absolute Gasteiger partial charge is 0.263 e. The molecule has 1 aromatic carbocycles. The molecule has 9 heteroatoms. The lowest BCUT2D eigenvalue weighted by atomic mass is 10.1. The maximum atomic E-state index is 12.3. The molecule has 2 aromatic heterocycles. The molecule has 0 radical (unpaired) electrons. The predicted molar refractivity (Wildman–Crippen MR) is 109 cm³/mol. The Labute approximate surface area is 164 Å². The number of fused-ring (bicyclic) bond motifs is 1. The summed E-state index contributed by atoms with van der Waals surface area (Å²) in [6.45, 7) is 7.84. The number of carbonyl (C=O) groups excluding carboxylic acids is 1. The minimum Gasteiger partial charge on any atom is -0.347 e. The van der Waals surface area contributed by atoms with Crippen molar-refractivity contribution >= 4 is 44.5 Å². The van der Waals surface area contributed by atoms with Crippen LogP contribution in [0.5, 0.6) is 0 Å². The van der Waals surface area contributed by atoms with Gasteiger partial charge in [0, 0.05) is 10.2 Å². The first-order chi connectivity index (χ1) is 12.6.